The lowest BCUT2D eigenvalue weighted by atomic mass is 9.96. The molecule has 2 heterocycles. The predicted molar refractivity (Wildman–Crippen MR) is 102 cm³/mol. The lowest BCUT2D eigenvalue weighted by molar-refractivity contribution is 0.0697. The van der Waals surface area contributed by atoms with Gasteiger partial charge in [-0.05, 0) is 50.0 Å². The fourth-order valence-corrected chi connectivity index (χ4v) is 3.74. The summed E-state index contributed by atoms with van der Waals surface area (Å²) in [6.45, 7) is 5.00. The van der Waals surface area contributed by atoms with Crippen molar-refractivity contribution in [3.05, 3.63) is 23.8 Å². The second-order valence-electron chi connectivity index (χ2n) is 7.14. The molecule has 3 rings (SSSR count). The van der Waals surface area contributed by atoms with Crippen molar-refractivity contribution in [2.75, 3.05) is 51.8 Å². The number of anilines is 1. The van der Waals surface area contributed by atoms with Gasteiger partial charge in [0.1, 0.15) is 0 Å². The van der Waals surface area contributed by atoms with Gasteiger partial charge in [0.2, 0.25) is 5.95 Å². The molecule has 1 N–H and O–H groups in total. The number of hydrogen-bond acceptors (Lipinski definition) is 5. The molecule has 1 aliphatic heterocycles. The smallest absolute Gasteiger partial charge is 0.335 e. The molecule has 1 aliphatic rings. The fourth-order valence-electron chi connectivity index (χ4n) is 3.74. The number of benzene rings is 1. The SMILES string of the molecule is COCCN1CCC(CN(C)c2nc3cc(C(=O)O)ccc3n2C)CC1. The summed E-state index contributed by atoms with van der Waals surface area (Å²) in [5, 5.41) is 9.16. The number of fused-ring (bicyclic) bond motifs is 1. The summed E-state index contributed by atoms with van der Waals surface area (Å²) in [5.41, 5.74) is 1.95. The Labute approximate surface area is 154 Å². The molecule has 0 spiro atoms. The van der Waals surface area contributed by atoms with Crippen LogP contribution >= 0.6 is 0 Å². The Kier molecular flexibility index (Phi) is 5.78. The second kappa shape index (κ2) is 8.05. The Balaban J connectivity index is 1.65. The van der Waals surface area contributed by atoms with Crippen molar-refractivity contribution in [1.29, 1.82) is 0 Å². The van der Waals surface area contributed by atoms with Gasteiger partial charge in [-0.1, -0.05) is 0 Å². The number of likely N-dealkylation sites (tertiary alicyclic amines) is 1. The topological polar surface area (TPSA) is 70.8 Å². The van der Waals surface area contributed by atoms with E-state index in [1.807, 2.05) is 17.7 Å². The third-order valence-corrected chi connectivity index (χ3v) is 5.30. The molecule has 0 aliphatic carbocycles. The number of aromatic carboxylic acids is 1. The van der Waals surface area contributed by atoms with Crippen LogP contribution in [0.1, 0.15) is 23.2 Å². The van der Waals surface area contributed by atoms with Gasteiger partial charge in [-0.25, -0.2) is 9.78 Å². The highest BCUT2D eigenvalue weighted by Crippen LogP contribution is 2.24. The fraction of sp³-hybridized carbons (Fsp3) is 0.579. The number of methoxy groups -OCH3 is 1. The van der Waals surface area contributed by atoms with Gasteiger partial charge in [0.25, 0.3) is 0 Å². The average Bonchev–Trinajstić information content (AvgIpc) is 2.97. The van der Waals surface area contributed by atoms with Crippen LogP contribution in [0.5, 0.6) is 0 Å². The van der Waals surface area contributed by atoms with E-state index in [4.69, 9.17) is 9.84 Å². The maximum atomic E-state index is 11.2. The minimum Gasteiger partial charge on any atom is -0.478 e. The van der Waals surface area contributed by atoms with Gasteiger partial charge in [-0.3, -0.25) is 0 Å². The number of ether oxygens (including phenoxy) is 1. The molecule has 0 saturated carbocycles. The first-order valence-corrected chi connectivity index (χ1v) is 9.11. The zero-order valence-corrected chi connectivity index (χ0v) is 15.8. The Morgan fingerprint density at radius 3 is 2.77 bits per heavy atom. The average molecular weight is 360 g/mol. The van der Waals surface area contributed by atoms with Crippen LogP contribution in [0.4, 0.5) is 5.95 Å². The molecule has 0 unspecified atom stereocenters. The Hall–Kier alpha value is -2.12. The first-order valence-electron chi connectivity index (χ1n) is 9.11. The molecule has 2 aromatic rings. The van der Waals surface area contributed by atoms with E-state index in [0.29, 0.717) is 5.92 Å². The summed E-state index contributed by atoms with van der Waals surface area (Å²) < 4.78 is 7.20. The lowest BCUT2D eigenvalue weighted by Gasteiger charge is -2.33. The van der Waals surface area contributed by atoms with E-state index in [0.717, 1.165) is 49.8 Å². The number of rotatable bonds is 7. The molecule has 1 aromatic carbocycles. The predicted octanol–water partition coefficient (Wildman–Crippen LogP) is 2.07. The van der Waals surface area contributed by atoms with E-state index >= 15 is 0 Å². The van der Waals surface area contributed by atoms with Crippen molar-refractivity contribution >= 4 is 23.0 Å². The highest BCUT2D eigenvalue weighted by Gasteiger charge is 2.22. The Morgan fingerprint density at radius 2 is 2.12 bits per heavy atom. The van der Waals surface area contributed by atoms with E-state index in [1.54, 1.807) is 19.2 Å². The zero-order valence-electron chi connectivity index (χ0n) is 15.8. The highest BCUT2D eigenvalue weighted by molar-refractivity contribution is 5.93. The molecule has 7 nitrogen and oxygen atoms in total. The normalized spacial score (nSPS) is 16.3. The highest BCUT2D eigenvalue weighted by atomic mass is 16.5. The number of aromatic nitrogens is 2. The molecule has 1 aromatic heterocycles. The van der Waals surface area contributed by atoms with Crippen molar-refractivity contribution < 1.29 is 14.6 Å². The number of imidazole rings is 1. The van der Waals surface area contributed by atoms with Crippen molar-refractivity contribution in [1.82, 2.24) is 14.5 Å². The van der Waals surface area contributed by atoms with Gasteiger partial charge in [-0.15, -0.1) is 0 Å². The number of carbonyl (C=O) groups is 1. The number of carboxylic acids is 1. The number of piperidine rings is 1. The molecule has 0 radical (unpaired) electrons. The van der Waals surface area contributed by atoms with Gasteiger partial charge in [-0.2, -0.15) is 0 Å². The molecule has 26 heavy (non-hydrogen) atoms. The molecule has 142 valence electrons. The summed E-state index contributed by atoms with van der Waals surface area (Å²) in [6.07, 6.45) is 2.36. The van der Waals surface area contributed by atoms with Crippen LogP contribution in [0.3, 0.4) is 0 Å². The molecule has 7 heteroatoms. The van der Waals surface area contributed by atoms with Crippen LogP contribution in [-0.4, -0.2) is 72.5 Å². The first kappa shape index (κ1) is 18.7. The van der Waals surface area contributed by atoms with Gasteiger partial charge < -0.3 is 24.2 Å². The maximum Gasteiger partial charge on any atom is 0.335 e. The van der Waals surface area contributed by atoms with Crippen LogP contribution in [0.25, 0.3) is 11.0 Å². The largest absolute Gasteiger partial charge is 0.478 e. The lowest BCUT2D eigenvalue weighted by Crippen LogP contribution is -2.39. The van der Waals surface area contributed by atoms with Crippen molar-refractivity contribution in [3.63, 3.8) is 0 Å². The van der Waals surface area contributed by atoms with Crippen molar-refractivity contribution in [2.24, 2.45) is 13.0 Å². The third-order valence-electron chi connectivity index (χ3n) is 5.30. The van der Waals surface area contributed by atoms with Crippen LogP contribution < -0.4 is 4.90 Å². The summed E-state index contributed by atoms with van der Waals surface area (Å²) in [6, 6.07) is 5.10. The number of carboxylic acid groups (broad SMARTS) is 1. The minimum absolute atomic E-state index is 0.272. The first-order chi connectivity index (χ1) is 12.5. The molecule has 0 atom stereocenters. The zero-order chi connectivity index (χ0) is 18.7. The third kappa shape index (κ3) is 3.99. The van der Waals surface area contributed by atoms with Gasteiger partial charge in [0, 0.05) is 34.3 Å². The molecule has 1 fully saturated rings. The summed E-state index contributed by atoms with van der Waals surface area (Å²) >= 11 is 0. The van der Waals surface area contributed by atoms with Crippen molar-refractivity contribution in [2.45, 2.75) is 12.8 Å². The minimum atomic E-state index is -0.923. The van der Waals surface area contributed by atoms with Crippen molar-refractivity contribution in [3.8, 4) is 0 Å². The Morgan fingerprint density at radius 1 is 1.38 bits per heavy atom. The van der Waals surface area contributed by atoms with Gasteiger partial charge in [0.05, 0.1) is 23.2 Å². The van der Waals surface area contributed by atoms with Crippen LogP contribution in [0.15, 0.2) is 18.2 Å². The molecule has 0 amide bonds. The van der Waals surface area contributed by atoms with E-state index < -0.39 is 5.97 Å². The standard InChI is InChI=1S/C19H28N4O3/c1-21(13-14-6-8-23(9-7-14)10-11-26-3)19-20-16-12-15(18(24)25)4-5-17(16)22(19)2/h4-5,12,14H,6-11,13H2,1-3H3,(H,24,25). The van der Waals surface area contributed by atoms with Gasteiger partial charge in [0.15, 0.2) is 0 Å². The number of hydrogen-bond donors (Lipinski definition) is 1. The Bertz CT molecular complexity index is 765. The molecular weight excluding hydrogens is 332 g/mol. The second-order valence-corrected chi connectivity index (χ2v) is 7.14. The van der Waals surface area contributed by atoms with Crippen LogP contribution in [0, 0.1) is 5.92 Å². The van der Waals surface area contributed by atoms with E-state index in [-0.39, 0.29) is 5.56 Å². The maximum absolute atomic E-state index is 11.2. The van der Waals surface area contributed by atoms with E-state index in [2.05, 4.69) is 21.8 Å². The monoisotopic (exact) mass is 360 g/mol. The number of aryl methyl sites for hydroxylation is 1. The summed E-state index contributed by atoms with van der Waals surface area (Å²) in [7, 11) is 5.80. The molecule has 0 bridgehead atoms. The van der Waals surface area contributed by atoms with Crippen LogP contribution in [-0.2, 0) is 11.8 Å². The van der Waals surface area contributed by atoms with E-state index in [1.165, 1.54) is 12.8 Å². The molecular formula is C19H28N4O3. The number of nitrogens with zero attached hydrogens (tertiary/aromatic N) is 4. The quantitative estimate of drug-likeness (QED) is 0.815. The summed E-state index contributed by atoms with van der Waals surface area (Å²) in [5.74, 6) is 0.602. The van der Waals surface area contributed by atoms with E-state index in [9.17, 15) is 4.79 Å². The van der Waals surface area contributed by atoms with Crippen LogP contribution in [0.2, 0.25) is 0 Å². The van der Waals surface area contributed by atoms with Gasteiger partial charge >= 0.3 is 5.97 Å². The molecule has 1 saturated heterocycles. The summed E-state index contributed by atoms with van der Waals surface area (Å²) in [4.78, 5) is 20.5.